The molecule has 1 amide bonds. The molecule has 1 fully saturated rings. The molecule has 3 N–H and O–H groups in total. The van der Waals surface area contributed by atoms with Crippen LogP contribution in [-0.4, -0.2) is 18.5 Å². The number of nitrogens with two attached hydrogens (primary N) is 1. The maximum atomic E-state index is 10.8. The molecule has 0 spiro atoms. The third-order valence-corrected chi connectivity index (χ3v) is 3.07. The number of rotatable bonds is 4. The molecule has 0 aromatic heterocycles. The van der Waals surface area contributed by atoms with Crippen LogP contribution in [0, 0.1) is 5.41 Å². The van der Waals surface area contributed by atoms with Gasteiger partial charge in [0.2, 0.25) is 5.91 Å². The normalized spacial score (nSPS) is 22.9. The summed E-state index contributed by atoms with van der Waals surface area (Å²) in [6.07, 6.45) is 5.18. The van der Waals surface area contributed by atoms with Crippen molar-refractivity contribution in [3.63, 3.8) is 0 Å². The second-order valence-corrected chi connectivity index (χ2v) is 4.52. The van der Waals surface area contributed by atoms with E-state index in [-0.39, 0.29) is 11.9 Å². The molecule has 0 aliphatic heterocycles. The van der Waals surface area contributed by atoms with Crippen LogP contribution in [-0.2, 0) is 4.79 Å². The summed E-state index contributed by atoms with van der Waals surface area (Å²) in [7, 11) is 0. The van der Waals surface area contributed by atoms with Crippen LogP contribution < -0.4 is 11.1 Å². The highest BCUT2D eigenvalue weighted by Crippen LogP contribution is 2.36. The van der Waals surface area contributed by atoms with E-state index in [2.05, 4.69) is 12.2 Å². The first kappa shape index (κ1) is 10.5. The highest BCUT2D eigenvalue weighted by atomic mass is 16.1. The van der Waals surface area contributed by atoms with Crippen LogP contribution in [0.2, 0.25) is 0 Å². The molecule has 0 aromatic carbocycles. The fraction of sp³-hybridized carbons (Fsp3) is 0.900. The van der Waals surface area contributed by atoms with Crippen LogP contribution in [0.5, 0.6) is 0 Å². The van der Waals surface area contributed by atoms with Crippen molar-refractivity contribution < 1.29 is 4.79 Å². The van der Waals surface area contributed by atoms with Crippen molar-refractivity contribution in [1.82, 2.24) is 5.32 Å². The summed E-state index contributed by atoms with van der Waals surface area (Å²) in [6, 6.07) is -0.197. The van der Waals surface area contributed by atoms with Crippen molar-refractivity contribution in [1.29, 1.82) is 0 Å². The van der Waals surface area contributed by atoms with E-state index in [1.165, 1.54) is 25.7 Å². The van der Waals surface area contributed by atoms with Gasteiger partial charge in [0.25, 0.3) is 0 Å². The number of nitrogens with one attached hydrogen (secondary N) is 1. The van der Waals surface area contributed by atoms with E-state index in [4.69, 9.17) is 5.73 Å². The summed E-state index contributed by atoms with van der Waals surface area (Å²) in [5, 5.41) is 3.19. The molecule has 1 atom stereocenters. The molecule has 0 heterocycles. The molecule has 1 rings (SSSR count). The lowest BCUT2D eigenvalue weighted by atomic mass is 9.89. The average Bonchev–Trinajstić information content (AvgIpc) is 2.48. The number of carbonyl (C=O) groups is 1. The minimum Gasteiger partial charge on any atom is -0.368 e. The summed E-state index contributed by atoms with van der Waals surface area (Å²) in [6.45, 7) is 5.01. The van der Waals surface area contributed by atoms with Crippen LogP contribution in [0.3, 0.4) is 0 Å². The Hall–Kier alpha value is -0.570. The summed E-state index contributed by atoms with van der Waals surface area (Å²) in [4.78, 5) is 10.8. The van der Waals surface area contributed by atoms with Gasteiger partial charge in [-0.3, -0.25) is 4.79 Å². The van der Waals surface area contributed by atoms with Gasteiger partial charge in [0.15, 0.2) is 0 Å². The Kier molecular flexibility index (Phi) is 3.31. The zero-order valence-corrected chi connectivity index (χ0v) is 8.60. The van der Waals surface area contributed by atoms with E-state index in [0.717, 1.165) is 6.54 Å². The predicted octanol–water partition coefficient (Wildman–Crippen LogP) is 1.03. The molecule has 76 valence electrons. The molecule has 1 aliphatic rings. The van der Waals surface area contributed by atoms with Gasteiger partial charge in [-0.25, -0.2) is 0 Å². The summed E-state index contributed by atoms with van der Waals surface area (Å²) in [5.74, 6) is -0.262. The van der Waals surface area contributed by atoms with Crippen LogP contribution in [0.1, 0.15) is 39.5 Å². The maximum Gasteiger partial charge on any atom is 0.234 e. The minimum atomic E-state index is -0.262. The monoisotopic (exact) mass is 184 g/mol. The van der Waals surface area contributed by atoms with Gasteiger partial charge in [-0.2, -0.15) is 0 Å². The number of primary amides is 1. The van der Waals surface area contributed by atoms with Crippen molar-refractivity contribution >= 4 is 5.91 Å². The van der Waals surface area contributed by atoms with Gasteiger partial charge < -0.3 is 11.1 Å². The van der Waals surface area contributed by atoms with E-state index < -0.39 is 0 Å². The molecule has 0 aromatic rings. The van der Waals surface area contributed by atoms with Crippen LogP contribution in [0.4, 0.5) is 0 Å². The molecule has 1 unspecified atom stereocenters. The highest BCUT2D eigenvalue weighted by Gasteiger charge is 2.28. The molecule has 13 heavy (non-hydrogen) atoms. The topological polar surface area (TPSA) is 55.1 Å². The Morgan fingerprint density at radius 2 is 2.08 bits per heavy atom. The van der Waals surface area contributed by atoms with Crippen molar-refractivity contribution in [2.75, 3.05) is 6.54 Å². The van der Waals surface area contributed by atoms with E-state index in [1.54, 1.807) is 0 Å². The van der Waals surface area contributed by atoms with Crippen molar-refractivity contribution in [2.45, 2.75) is 45.6 Å². The fourth-order valence-electron chi connectivity index (χ4n) is 1.91. The first-order valence-electron chi connectivity index (χ1n) is 5.06. The largest absolute Gasteiger partial charge is 0.368 e. The summed E-state index contributed by atoms with van der Waals surface area (Å²) < 4.78 is 0. The van der Waals surface area contributed by atoms with E-state index in [0.29, 0.717) is 5.41 Å². The Balaban J connectivity index is 2.28. The fourth-order valence-corrected chi connectivity index (χ4v) is 1.91. The quantitative estimate of drug-likeness (QED) is 0.685. The molecule has 0 radical (unpaired) electrons. The molecule has 0 bridgehead atoms. The Morgan fingerprint density at radius 1 is 1.54 bits per heavy atom. The maximum absolute atomic E-state index is 10.8. The van der Waals surface area contributed by atoms with Gasteiger partial charge in [-0.15, -0.1) is 0 Å². The van der Waals surface area contributed by atoms with Crippen LogP contribution >= 0.6 is 0 Å². The summed E-state index contributed by atoms with van der Waals surface area (Å²) in [5.41, 5.74) is 5.55. The lowest BCUT2D eigenvalue weighted by Crippen LogP contribution is -2.43. The summed E-state index contributed by atoms with van der Waals surface area (Å²) >= 11 is 0. The number of hydrogen-bond donors (Lipinski definition) is 2. The van der Waals surface area contributed by atoms with Crippen molar-refractivity contribution in [3.05, 3.63) is 0 Å². The average molecular weight is 184 g/mol. The molecule has 3 nitrogen and oxygen atoms in total. The first-order valence-corrected chi connectivity index (χ1v) is 5.06. The van der Waals surface area contributed by atoms with Gasteiger partial charge in [0.1, 0.15) is 0 Å². The lowest BCUT2D eigenvalue weighted by Gasteiger charge is -2.25. The SMILES string of the molecule is CC(NCC1(C)CCCC1)C(N)=O. The van der Waals surface area contributed by atoms with Gasteiger partial charge >= 0.3 is 0 Å². The van der Waals surface area contributed by atoms with Gasteiger partial charge in [0, 0.05) is 6.54 Å². The Bertz CT molecular complexity index is 185. The second kappa shape index (κ2) is 4.09. The number of amides is 1. The minimum absolute atomic E-state index is 0.197. The first-order chi connectivity index (χ1) is 6.03. The smallest absolute Gasteiger partial charge is 0.234 e. The molecule has 1 saturated carbocycles. The zero-order valence-electron chi connectivity index (χ0n) is 8.60. The van der Waals surface area contributed by atoms with E-state index in [9.17, 15) is 4.79 Å². The second-order valence-electron chi connectivity index (χ2n) is 4.52. The van der Waals surface area contributed by atoms with E-state index >= 15 is 0 Å². The third-order valence-electron chi connectivity index (χ3n) is 3.07. The molecule has 1 aliphatic carbocycles. The predicted molar refractivity (Wildman–Crippen MR) is 53.2 cm³/mol. The van der Waals surface area contributed by atoms with Crippen molar-refractivity contribution in [2.24, 2.45) is 11.1 Å². The van der Waals surface area contributed by atoms with Crippen LogP contribution in [0.25, 0.3) is 0 Å². The standard InChI is InChI=1S/C10H20N2O/c1-8(9(11)13)12-7-10(2)5-3-4-6-10/h8,12H,3-7H2,1-2H3,(H2,11,13). The molecule has 0 saturated heterocycles. The highest BCUT2D eigenvalue weighted by molar-refractivity contribution is 5.79. The van der Waals surface area contributed by atoms with Crippen molar-refractivity contribution in [3.8, 4) is 0 Å². The Labute approximate surface area is 80.1 Å². The van der Waals surface area contributed by atoms with Gasteiger partial charge in [0.05, 0.1) is 6.04 Å². The molecular formula is C10H20N2O. The van der Waals surface area contributed by atoms with Gasteiger partial charge in [-0.1, -0.05) is 19.8 Å². The Morgan fingerprint density at radius 3 is 2.54 bits per heavy atom. The van der Waals surface area contributed by atoms with E-state index in [1.807, 2.05) is 6.92 Å². The number of hydrogen-bond acceptors (Lipinski definition) is 2. The number of carbonyl (C=O) groups excluding carboxylic acids is 1. The lowest BCUT2D eigenvalue weighted by molar-refractivity contribution is -0.119. The molecule has 3 heteroatoms. The van der Waals surface area contributed by atoms with Crippen LogP contribution in [0.15, 0.2) is 0 Å². The third kappa shape index (κ3) is 2.99. The van der Waals surface area contributed by atoms with Gasteiger partial charge in [-0.05, 0) is 25.2 Å². The molecular weight excluding hydrogens is 164 g/mol. The zero-order chi connectivity index (χ0) is 9.90.